The van der Waals surface area contributed by atoms with Crippen molar-refractivity contribution in [1.82, 2.24) is 5.32 Å². The van der Waals surface area contributed by atoms with Gasteiger partial charge in [-0.15, -0.1) is 0 Å². The summed E-state index contributed by atoms with van der Waals surface area (Å²) in [4.78, 5) is 0. The highest BCUT2D eigenvalue weighted by Crippen LogP contribution is 2.28. The van der Waals surface area contributed by atoms with Crippen molar-refractivity contribution in [3.8, 4) is 0 Å². The molecule has 0 saturated carbocycles. The number of halogens is 1. The van der Waals surface area contributed by atoms with Gasteiger partial charge in [0.2, 0.25) is 0 Å². The van der Waals surface area contributed by atoms with Gasteiger partial charge in [-0.3, -0.25) is 0 Å². The fraction of sp³-hybridized carbons (Fsp3) is 0.316. The van der Waals surface area contributed by atoms with Crippen LogP contribution in [0.15, 0.2) is 54.6 Å². The van der Waals surface area contributed by atoms with Crippen molar-refractivity contribution < 1.29 is 4.39 Å². The molecule has 0 spiro atoms. The Morgan fingerprint density at radius 2 is 1.70 bits per heavy atom. The van der Waals surface area contributed by atoms with Crippen LogP contribution in [0.25, 0.3) is 0 Å². The number of nitrogens with one attached hydrogen (secondary N) is 2. The number of hydrogen-bond acceptors (Lipinski definition) is 1. The summed E-state index contributed by atoms with van der Waals surface area (Å²) in [5.74, 6) is -0.311. The van der Waals surface area contributed by atoms with Crippen LogP contribution in [0.3, 0.4) is 0 Å². The zero-order valence-electron chi connectivity index (χ0n) is 13.8. The fourth-order valence-corrected chi connectivity index (χ4v) is 3.08. The average molecular weight is 330 g/mol. The minimum absolute atomic E-state index is 0.0291. The van der Waals surface area contributed by atoms with Gasteiger partial charge >= 0.3 is 0 Å². The third-order valence-corrected chi connectivity index (χ3v) is 4.09. The van der Waals surface area contributed by atoms with Crippen LogP contribution in [0, 0.1) is 5.82 Å². The molecule has 1 atom stereocenters. The summed E-state index contributed by atoms with van der Waals surface area (Å²) >= 11 is 5.29. The lowest BCUT2D eigenvalue weighted by atomic mass is 9.79. The van der Waals surface area contributed by atoms with Crippen molar-refractivity contribution in [3.63, 3.8) is 0 Å². The second-order valence-corrected chi connectivity index (χ2v) is 6.84. The van der Waals surface area contributed by atoms with E-state index >= 15 is 0 Å². The van der Waals surface area contributed by atoms with Crippen LogP contribution < -0.4 is 10.6 Å². The van der Waals surface area contributed by atoms with E-state index in [1.807, 2.05) is 6.07 Å². The van der Waals surface area contributed by atoms with Crippen LogP contribution in [0.1, 0.15) is 32.8 Å². The van der Waals surface area contributed by atoms with Crippen LogP contribution in [0.2, 0.25) is 0 Å². The highest BCUT2D eigenvalue weighted by Gasteiger charge is 2.23. The monoisotopic (exact) mass is 330 g/mol. The number of benzene rings is 2. The standard InChI is InChI=1S/C19H23FN2S/c1-14(13-19(2,3)15-9-5-4-6-10-15)21-18(23)22-17-12-8-7-11-16(17)20/h4-12,14H,13H2,1-3H3,(H2,21,22,23)/t14-/m0/s1. The van der Waals surface area contributed by atoms with Gasteiger partial charge in [-0.25, -0.2) is 4.39 Å². The lowest BCUT2D eigenvalue weighted by Crippen LogP contribution is -2.39. The second-order valence-electron chi connectivity index (χ2n) is 6.43. The Bertz CT molecular complexity index is 655. The molecule has 122 valence electrons. The molecule has 23 heavy (non-hydrogen) atoms. The Labute approximate surface area is 143 Å². The molecule has 0 amide bonds. The topological polar surface area (TPSA) is 24.1 Å². The maximum Gasteiger partial charge on any atom is 0.171 e. The van der Waals surface area contributed by atoms with Gasteiger partial charge in [-0.2, -0.15) is 0 Å². The second kappa shape index (κ2) is 7.55. The van der Waals surface area contributed by atoms with Gasteiger partial charge in [0.25, 0.3) is 0 Å². The van der Waals surface area contributed by atoms with E-state index in [1.54, 1.807) is 18.2 Å². The molecule has 0 radical (unpaired) electrons. The zero-order chi connectivity index (χ0) is 16.9. The number of rotatable bonds is 5. The summed E-state index contributed by atoms with van der Waals surface area (Å²) in [5, 5.41) is 6.58. The number of thiocarbonyl (C=S) groups is 1. The highest BCUT2D eigenvalue weighted by molar-refractivity contribution is 7.80. The molecule has 2 aromatic carbocycles. The first-order chi connectivity index (χ1) is 10.9. The molecule has 0 saturated heterocycles. The molecule has 2 rings (SSSR count). The smallest absolute Gasteiger partial charge is 0.171 e. The van der Waals surface area contributed by atoms with E-state index < -0.39 is 0 Å². The third-order valence-electron chi connectivity index (χ3n) is 3.87. The van der Waals surface area contributed by atoms with Crippen LogP contribution in [-0.2, 0) is 5.41 Å². The fourth-order valence-electron chi connectivity index (χ4n) is 2.77. The van der Waals surface area contributed by atoms with Crippen molar-refractivity contribution in [2.75, 3.05) is 5.32 Å². The summed E-state index contributed by atoms with van der Waals surface area (Å²) in [6.45, 7) is 6.52. The van der Waals surface area contributed by atoms with Crippen LogP contribution >= 0.6 is 12.2 Å². The molecule has 0 unspecified atom stereocenters. The minimum Gasteiger partial charge on any atom is -0.360 e. The first-order valence-corrected chi connectivity index (χ1v) is 8.17. The van der Waals surface area contributed by atoms with Crippen LogP contribution in [0.5, 0.6) is 0 Å². The van der Waals surface area contributed by atoms with Crippen molar-refractivity contribution in [1.29, 1.82) is 0 Å². The summed E-state index contributed by atoms with van der Waals surface area (Å²) in [7, 11) is 0. The maximum absolute atomic E-state index is 13.6. The van der Waals surface area contributed by atoms with Gasteiger partial charge in [-0.1, -0.05) is 56.3 Å². The molecule has 2 N–H and O–H groups in total. The van der Waals surface area contributed by atoms with Gasteiger partial charge in [0.1, 0.15) is 5.82 Å². The first-order valence-electron chi connectivity index (χ1n) is 7.76. The Morgan fingerprint density at radius 3 is 2.35 bits per heavy atom. The van der Waals surface area contributed by atoms with Gasteiger partial charge in [-0.05, 0) is 48.7 Å². The Hall–Kier alpha value is -1.94. The lowest BCUT2D eigenvalue weighted by molar-refractivity contribution is 0.420. The molecule has 0 fully saturated rings. The quantitative estimate of drug-likeness (QED) is 0.765. The lowest BCUT2D eigenvalue weighted by Gasteiger charge is -2.29. The predicted octanol–water partition coefficient (Wildman–Crippen LogP) is 4.87. The SMILES string of the molecule is C[C@@H](CC(C)(C)c1ccccc1)NC(=S)Nc1ccccc1F. The molecule has 2 nitrogen and oxygen atoms in total. The number of para-hydroxylation sites is 1. The minimum atomic E-state index is -0.311. The summed E-state index contributed by atoms with van der Waals surface area (Å²) in [6.07, 6.45) is 0.913. The summed E-state index contributed by atoms with van der Waals surface area (Å²) < 4.78 is 13.6. The Morgan fingerprint density at radius 1 is 1.09 bits per heavy atom. The van der Waals surface area contributed by atoms with Gasteiger partial charge in [0, 0.05) is 6.04 Å². The largest absolute Gasteiger partial charge is 0.360 e. The van der Waals surface area contributed by atoms with E-state index in [-0.39, 0.29) is 17.3 Å². The number of hydrogen-bond donors (Lipinski definition) is 2. The molecule has 0 bridgehead atoms. The third kappa shape index (κ3) is 5.03. The molecule has 0 aliphatic heterocycles. The molecule has 0 aliphatic carbocycles. The predicted molar refractivity (Wildman–Crippen MR) is 99.3 cm³/mol. The Balaban J connectivity index is 1.93. The van der Waals surface area contributed by atoms with Crippen LogP contribution in [0.4, 0.5) is 10.1 Å². The van der Waals surface area contributed by atoms with E-state index in [2.05, 4.69) is 55.7 Å². The van der Waals surface area contributed by atoms with Gasteiger partial charge < -0.3 is 10.6 Å². The number of anilines is 1. The summed E-state index contributed by atoms with van der Waals surface area (Å²) in [6, 6.07) is 17.1. The maximum atomic E-state index is 13.6. The Kier molecular flexibility index (Phi) is 5.72. The zero-order valence-corrected chi connectivity index (χ0v) is 14.6. The molecule has 4 heteroatoms. The van der Waals surface area contributed by atoms with Crippen molar-refractivity contribution in [2.45, 2.75) is 38.6 Å². The normalized spacial score (nSPS) is 12.5. The van der Waals surface area contributed by atoms with E-state index in [0.29, 0.717) is 10.8 Å². The molecule has 0 heterocycles. The average Bonchev–Trinajstić information content (AvgIpc) is 2.50. The molecular formula is C19H23FN2S. The van der Waals surface area contributed by atoms with E-state index in [9.17, 15) is 4.39 Å². The van der Waals surface area contributed by atoms with Crippen molar-refractivity contribution >= 4 is 23.0 Å². The molecular weight excluding hydrogens is 307 g/mol. The summed E-state index contributed by atoms with van der Waals surface area (Å²) in [5.41, 5.74) is 1.71. The molecule has 2 aromatic rings. The van der Waals surface area contributed by atoms with Crippen LogP contribution in [-0.4, -0.2) is 11.2 Å². The van der Waals surface area contributed by atoms with Crippen molar-refractivity contribution in [2.24, 2.45) is 0 Å². The van der Waals surface area contributed by atoms with E-state index in [4.69, 9.17) is 12.2 Å². The molecule has 0 aliphatic rings. The van der Waals surface area contributed by atoms with E-state index in [1.165, 1.54) is 11.6 Å². The van der Waals surface area contributed by atoms with Gasteiger partial charge in [0.15, 0.2) is 5.11 Å². The van der Waals surface area contributed by atoms with E-state index in [0.717, 1.165) is 6.42 Å². The first kappa shape index (κ1) is 17.4. The highest BCUT2D eigenvalue weighted by atomic mass is 32.1. The van der Waals surface area contributed by atoms with Gasteiger partial charge in [0.05, 0.1) is 5.69 Å². The van der Waals surface area contributed by atoms with Crippen molar-refractivity contribution in [3.05, 3.63) is 66.0 Å². The molecule has 0 aromatic heterocycles.